The fraction of sp³-hybridized carbons (Fsp3) is 0.136. The van der Waals surface area contributed by atoms with Gasteiger partial charge in [0.15, 0.2) is 0 Å². The number of rotatable bonds is 5. The molecule has 0 aliphatic carbocycles. The summed E-state index contributed by atoms with van der Waals surface area (Å²) in [6.07, 6.45) is 0. The third-order valence-corrected chi connectivity index (χ3v) is 5.46. The first-order valence-corrected chi connectivity index (χ1v) is 9.57. The van der Waals surface area contributed by atoms with E-state index in [9.17, 15) is 5.11 Å². The van der Waals surface area contributed by atoms with E-state index < -0.39 is 0 Å². The quantitative estimate of drug-likeness (QED) is 0.481. The lowest BCUT2D eigenvalue weighted by Crippen LogP contribution is -2.11. The topological polar surface area (TPSA) is 54.4 Å². The fourth-order valence-corrected chi connectivity index (χ4v) is 3.95. The minimum absolute atomic E-state index is 0.191. The predicted octanol–water partition coefficient (Wildman–Crippen LogP) is 5.52. The fourth-order valence-electron chi connectivity index (χ4n) is 3.16. The molecule has 4 nitrogen and oxygen atoms in total. The second-order valence-electron chi connectivity index (χ2n) is 6.35. The van der Waals surface area contributed by atoms with Crippen molar-refractivity contribution in [1.82, 2.24) is 4.98 Å². The van der Waals surface area contributed by atoms with Crippen LogP contribution < -0.4 is 10.1 Å². The number of hydrogen-bond acceptors (Lipinski definition) is 5. The number of pyridine rings is 1. The third-order valence-electron chi connectivity index (χ3n) is 4.53. The van der Waals surface area contributed by atoms with Gasteiger partial charge in [0, 0.05) is 33.3 Å². The zero-order valence-electron chi connectivity index (χ0n) is 15.1. The van der Waals surface area contributed by atoms with Gasteiger partial charge in [-0.1, -0.05) is 30.3 Å². The van der Waals surface area contributed by atoms with Crippen LogP contribution in [0.5, 0.6) is 11.5 Å². The summed E-state index contributed by atoms with van der Waals surface area (Å²) in [5.41, 5.74) is 3.22. The van der Waals surface area contributed by atoms with E-state index in [4.69, 9.17) is 4.74 Å². The molecule has 0 radical (unpaired) electrons. The van der Waals surface area contributed by atoms with E-state index in [1.807, 2.05) is 66.9 Å². The standard InChI is InChI=1S/C22H20N2O2S/c1-14-8-9-15-10-11-18(22(25)20(15)23-14)21(19-7-4-12-27-19)24-16-5-3-6-17(13-16)26-2/h3-13,21,24-25H,1-2H3. The summed E-state index contributed by atoms with van der Waals surface area (Å²) in [5, 5.41) is 17.5. The molecule has 0 aliphatic heterocycles. The van der Waals surface area contributed by atoms with Crippen LogP contribution in [0.15, 0.2) is 66.0 Å². The maximum atomic E-state index is 11.0. The minimum Gasteiger partial charge on any atom is -0.505 e. The van der Waals surface area contributed by atoms with Crippen LogP contribution in [0.1, 0.15) is 22.2 Å². The molecule has 0 saturated carbocycles. The summed E-state index contributed by atoms with van der Waals surface area (Å²) in [5.74, 6) is 0.995. The molecule has 2 N–H and O–H groups in total. The highest BCUT2D eigenvalue weighted by molar-refractivity contribution is 7.10. The Labute approximate surface area is 162 Å². The molecule has 0 spiro atoms. The number of aromatic hydroxyl groups is 1. The van der Waals surface area contributed by atoms with Gasteiger partial charge >= 0.3 is 0 Å². The Morgan fingerprint density at radius 2 is 1.93 bits per heavy atom. The molecule has 4 rings (SSSR count). The summed E-state index contributed by atoms with van der Waals surface area (Å²) in [6.45, 7) is 1.93. The highest BCUT2D eigenvalue weighted by Gasteiger charge is 2.21. The van der Waals surface area contributed by atoms with Gasteiger partial charge in [-0.15, -0.1) is 11.3 Å². The average molecular weight is 376 g/mol. The third kappa shape index (κ3) is 3.46. The largest absolute Gasteiger partial charge is 0.505 e. The van der Waals surface area contributed by atoms with Crippen LogP contribution in [0.25, 0.3) is 10.9 Å². The van der Waals surface area contributed by atoms with Crippen molar-refractivity contribution in [2.24, 2.45) is 0 Å². The Kier molecular flexibility index (Phi) is 4.69. The molecule has 5 heteroatoms. The van der Waals surface area contributed by atoms with Gasteiger partial charge in [0.05, 0.1) is 13.2 Å². The van der Waals surface area contributed by atoms with Gasteiger partial charge in [-0.2, -0.15) is 0 Å². The molecule has 1 unspecified atom stereocenters. The van der Waals surface area contributed by atoms with Gasteiger partial charge in [0.1, 0.15) is 17.0 Å². The Morgan fingerprint density at radius 1 is 1.07 bits per heavy atom. The minimum atomic E-state index is -0.191. The van der Waals surface area contributed by atoms with Crippen molar-refractivity contribution in [1.29, 1.82) is 0 Å². The summed E-state index contributed by atoms with van der Waals surface area (Å²) in [6, 6.07) is 19.6. The van der Waals surface area contributed by atoms with Gasteiger partial charge in [-0.25, -0.2) is 4.98 Å². The molecule has 0 aliphatic rings. The summed E-state index contributed by atoms with van der Waals surface area (Å²) < 4.78 is 5.33. The zero-order chi connectivity index (χ0) is 18.8. The van der Waals surface area contributed by atoms with Crippen LogP contribution in [0.3, 0.4) is 0 Å². The van der Waals surface area contributed by atoms with Crippen molar-refractivity contribution in [3.8, 4) is 11.5 Å². The molecular weight excluding hydrogens is 356 g/mol. The van der Waals surface area contributed by atoms with Gasteiger partial charge < -0.3 is 15.2 Å². The van der Waals surface area contributed by atoms with Crippen molar-refractivity contribution < 1.29 is 9.84 Å². The van der Waals surface area contributed by atoms with E-state index in [2.05, 4.69) is 16.4 Å². The molecule has 27 heavy (non-hydrogen) atoms. The van der Waals surface area contributed by atoms with Crippen LogP contribution in [0, 0.1) is 6.92 Å². The molecule has 0 bridgehead atoms. The number of nitrogens with zero attached hydrogens (tertiary/aromatic N) is 1. The van der Waals surface area contributed by atoms with Crippen molar-refractivity contribution in [3.05, 3.63) is 82.2 Å². The van der Waals surface area contributed by atoms with Crippen LogP contribution in [-0.4, -0.2) is 17.2 Å². The van der Waals surface area contributed by atoms with Crippen LogP contribution in [0.2, 0.25) is 0 Å². The highest BCUT2D eigenvalue weighted by Crippen LogP contribution is 2.38. The van der Waals surface area contributed by atoms with E-state index in [-0.39, 0.29) is 11.8 Å². The van der Waals surface area contributed by atoms with Gasteiger partial charge in [0.25, 0.3) is 0 Å². The zero-order valence-corrected chi connectivity index (χ0v) is 16.0. The van der Waals surface area contributed by atoms with Crippen LogP contribution >= 0.6 is 11.3 Å². The first kappa shape index (κ1) is 17.4. The highest BCUT2D eigenvalue weighted by atomic mass is 32.1. The first-order valence-electron chi connectivity index (χ1n) is 8.69. The van der Waals surface area contributed by atoms with Crippen molar-refractivity contribution >= 4 is 27.9 Å². The maximum absolute atomic E-state index is 11.0. The van der Waals surface area contributed by atoms with Gasteiger partial charge in [-0.05, 0) is 36.6 Å². The van der Waals surface area contributed by atoms with E-state index in [0.717, 1.165) is 33.0 Å². The number of phenols is 1. The van der Waals surface area contributed by atoms with E-state index in [1.165, 1.54) is 0 Å². The normalized spacial score (nSPS) is 12.1. The maximum Gasteiger partial charge on any atom is 0.147 e. The number of benzene rings is 2. The van der Waals surface area contributed by atoms with Crippen molar-refractivity contribution in [3.63, 3.8) is 0 Å². The second kappa shape index (κ2) is 7.29. The number of anilines is 1. The number of aromatic nitrogens is 1. The van der Waals surface area contributed by atoms with Gasteiger partial charge in [0.2, 0.25) is 0 Å². The lowest BCUT2D eigenvalue weighted by molar-refractivity contribution is 0.415. The molecule has 2 aromatic carbocycles. The van der Waals surface area contributed by atoms with E-state index >= 15 is 0 Å². The SMILES string of the molecule is COc1cccc(NC(c2cccs2)c2ccc3ccc(C)nc3c2O)c1. The molecule has 1 atom stereocenters. The second-order valence-corrected chi connectivity index (χ2v) is 7.33. The molecular formula is C22H20N2O2S. The Balaban J connectivity index is 1.82. The van der Waals surface area contributed by atoms with Crippen LogP contribution in [-0.2, 0) is 0 Å². The first-order chi connectivity index (χ1) is 13.2. The Hall–Kier alpha value is -3.05. The van der Waals surface area contributed by atoms with Crippen molar-refractivity contribution in [2.75, 3.05) is 12.4 Å². The van der Waals surface area contributed by atoms with Crippen molar-refractivity contribution in [2.45, 2.75) is 13.0 Å². The number of nitrogens with one attached hydrogen (secondary N) is 1. The molecule has 0 fully saturated rings. The Bertz CT molecular complexity index is 1080. The van der Waals surface area contributed by atoms with Crippen LogP contribution in [0.4, 0.5) is 5.69 Å². The number of phenolic OH excluding ortho intramolecular Hbond substituents is 1. The number of ether oxygens (including phenoxy) is 1. The Morgan fingerprint density at radius 3 is 2.70 bits per heavy atom. The average Bonchev–Trinajstić information content (AvgIpc) is 3.22. The molecule has 136 valence electrons. The lowest BCUT2D eigenvalue weighted by atomic mass is 10.0. The summed E-state index contributed by atoms with van der Waals surface area (Å²) in [7, 11) is 1.65. The molecule has 2 heterocycles. The lowest BCUT2D eigenvalue weighted by Gasteiger charge is -2.21. The van der Waals surface area contributed by atoms with E-state index in [0.29, 0.717) is 5.52 Å². The molecule has 2 aromatic heterocycles. The number of aryl methyl sites for hydroxylation is 1. The number of methoxy groups -OCH3 is 1. The molecule has 0 saturated heterocycles. The summed E-state index contributed by atoms with van der Waals surface area (Å²) in [4.78, 5) is 5.65. The monoisotopic (exact) mass is 376 g/mol. The number of hydrogen-bond donors (Lipinski definition) is 2. The van der Waals surface area contributed by atoms with Gasteiger partial charge in [-0.3, -0.25) is 0 Å². The number of thiophene rings is 1. The van der Waals surface area contributed by atoms with E-state index in [1.54, 1.807) is 18.4 Å². The molecule has 0 amide bonds. The smallest absolute Gasteiger partial charge is 0.147 e. The molecule has 4 aromatic rings. The predicted molar refractivity (Wildman–Crippen MR) is 111 cm³/mol. The summed E-state index contributed by atoms with van der Waals surface area (Å²) >= 11 is 1.65. The number of fused-ring (bicyclic) bond motifs is 1.